The number of sulfonamides is 1. The zero-order valence-corrected chi connectivity index (χ0v) is 10.6. The molecule has 1 aliphatic carbocycles. The highest BCUT2D eigenvalue weighted by atomic mass is 32.2. The zero-order valence-electron chi connectivity index (χ0n) is 9.81. The van der Waals surface area contributed by atoms with Crippen LogP contribution < -0.4 is 10.5 Å². The van der Waals surface area contributed by atoms with Gasteiger partial charge in [0.25, 0.3) is 10.0 Å². The Morgan fingerprint density at radius 3 is 2.59 bits per heavy atom. The highest BCUT2D eigenvalue weighted by molar-refractivity contribution is 7.89. The van der Waals surface area contributed by atoms with E-state index in [1.807, 2.05) is 6.92 Å². The highest BCUT2D eigenvalue weighted by Crippen LogP contribution is 2.32. The van der Waals surface area contributed by atoms with Crippen molar-refractivity contribution in [2.75, 3.05) is 0 Å². The molecule has 1 aromatic heterocycles. The van der Waals surface area contributed by atoms with E-state index in [0.717, 1.165) is 24.8 Å². The fraction of sp³-hybridized carbons (Fsp3) is 0.545. The van der Waals surface area contributed by atoms with Crippen LogP contribution in [0.25, 0.3) is 0 Å². The maximum Gasteiger partial charge on any atom is 0.258 e. The molecule has 1 heterocycles. The standard InChI is InChI=1S/C11H17N3O2S/c1-11(5-2-6-11)14-17(15,16)10-4-3-9(7-12)8-13-10/h3-4,8,14H,2,5-7,12H2,1H3. The highest BCUT2D eigenvalue weighted by Gasteiger charge is 2.36. The summed E-state index contributed by atoms with van der Waals surface area (Å²) in [6, 6.07) is 3.18. The van der Waals surface area contributed by atoms with Crippen LogP contribution in [0.5, 0.6) is 0 Å². The molecule has 1 aliphatic rings. The van der Waals surface area contributed by atoms with E-state index >= 15 is 0 Å². The molecule has 5 nitrogen and oxygen atoms in total. The lowest BCUT2D eigenvalue weighted by Crippen LogP contribution is -2.50. The van der Waals surface area contributed by atoms with Gasteiger partial charge in [-0.25, -0.2) is 18.1 Å². The van der Waals surface area contributed by atoms with Crippen molar-refractivity contribution in [3.63, 3.8) is 0 Å². The summed E-state index contributed by atoms with van der Waals surface area (Å²) < 4.78 is 26.8. The first kappa shape index (κ1) is 12.5. The van der Waals surface area contributed by atoms with Crippen molar-refractivity contribution >= 4 is 10.0 Å². The van der Waals surface area contributed by atoms with Crippen LogP contribution in [0.4, 0.5) is 0 Å². The summed E-state index contributed by atoms with van der Waals surface area (Å²) >= 11 is 0. The normalized spacial score (nSPS) is 18.7. The minimum atomic E-state index is -3.51. The van der Waals surface area contributed by atoms with Crippen LogP contribution in [-0.4, -0.2) is 18.9 Å². The smallest absolute Gasteiger partial charge is 0.258 e. The SMILES string of the molecule is CC1(NS(=O)(=O)c2ccc(CN)cn2)CCC1. The van der Waals surface area contributed by atoms with Crippen molar-refractivity contribution in [3.8, 4) is 0 Å². The number of pyridine rings is 1. The van der Waals surface area contributed by atoms with Crippen molar-refractivity contribution in [3.05, 3.63) is 23.9 Å². The summed E-state index contributed by atoms with van der Waals surface area (Å²) in [5, 5.41) is 0.0582. The van der Waals surface area contributed by atoms with Gasteiger partial charge in [-0.1, -0.05) is 6.07 Å². The van der Waals surface area contributed by atoms with Gasteiger partial charge in [-0.3, -0.25) is 0 Å². The van der Waals surface area contributed by atoms with Crippen LogP contribution in [0.15, 0.2) is 23.4 Å². The largest absolute Gasteiger partial charge is 0.326 e. The molecular weight excluding hydrogens is 238 g/mol. The summed E-state index contributed by atoms with van der Waals surface area (Å²) in [6.45, 7) is 2.28. The molecular formula is C11H17N3O2S. The van der Waals surface area contributed by atoms with E-state index in [2.05, 4.69) is 9.71 Å². The minimum Gasteiger partial charge on any atom is -0.326 e. The summed E-state index contributed by atoms with van der Waals surface area (Å²) in [5.41, 5.74) is 5.96. The van der Waals surface area contributed by atoms with E-state index in [1.165, 1.54) is 12.3 Å². The first-order valence-corrected chi connectivity index (χ1v) is 7.12. The lowest BCUT2D eigenvalue weighted by Gasteiger charge is -2.38. The molecule has 2 rings (SSSR count). The lowest BCUT2D eigenvalue weighted by atomic mass is 9.80. The van der Waals surface area contributed by atoms with E-state index in [1.54, 1.807) is 6.07 Å². The molecule has 0 atom stereocenters. The topological polar surface area (TPSA) is 85.1 Å². The molecule has 0 aliphatic heterocycles. The van der Waals surface area contributed by atoms with Crippen LogP contribution in [0.3, 0.4) is 0 Å². The van der Waals surface area contributed by atoms with E-state index in [4.69, 9.17) is 5.73 Å². The molecule has 94 valence electrons. The average Bonchev–Trinajstić information content (AvgIpc) is 2.26. The third kappa shape index (κ3) is 2.65. The Morgan fingerprint density at radius 1 is 1.47 bits per heavy atom. The van der Waals surface area contributed by atoms with Gasteiger partial charge in [0.15, 0.2) is 5.03 Å². The Morgan fingerprint density at radius 2 is 2.18 bits per heavy atom. The Labute approximate surface area is 101 Å². The fourth-order valence-corrected chi connectivity index (χ4v) is 3.27. The quantitative estimate of drug-likeness (QED) is 0.832. The van der Waals surface area contributed by atoms with Crippen LogP contribution >= 0.6 is 0 Å². The number of hydrogen-bond acceptors (Lipinski definition) is 4. The van der Waals surface area contributed by atoms with Crippen LogP contribution in [0.2, 0.25) is 0 Å². The Hall–Kier alpha value is -0.980. The van der Waals surface area contributed by atoms with Crippen molar-refractivity contribution < 1.29 is 8.42 Å². The summed E-state index contributed by atoms with van der Waals surface area (Å²) in [7, 11) is -3.51. The predicted molar refractivity (Wildman–Crippen MR) is 64.7 cm³/mol. The van der Waals surface area contributed by atoms with Crippen molar-refractivity contribution in [1.82, 2.24) is 9.71 Å². The van der Waals surface area contributed by atoms with E-state index in [0.29, 0.717) is 6.54 Å². The maximum atomic E-state index is 12.0. The van der Waals surface area contributed by atoms with Gasteiger partial charge in [0.2, 0.25) is 0 Å². The van der Waals surface area contributed by atoms with Crippen molar-refractivity contribution in [2.45, 2.75) is 43.3 Å². The van der Waals surface area contributed by atoms with Gasteiger partial charge in [-0.05, 0) is 37.8 Å². The van der Waals surface area contributed by atoms with Crippen molar-refractivity contribution in [1.29, 1.82) is 0 Å². The molecule has 0 saturated heterocycles. The second-order valence-electron chi connectivity index (χ2n) is 4.73. The number of aromatic nitrogens is 1. The third-order valence-corrected chi connectivity index (χ3v) is 4.70. The number of nitrogens with two attached hydrogens (primary N) is 1. The molecule has 3 N–H and O–H groups in total. The van der Waals surface area contributed by atoms with Crippen molar-refractivity contribution in [2.24, 2.45) is 5.73 Å². The van der Waals surface area contributed by atoms with E-state index in [-0.39, 0.29) is 10.6 Å². The van der Waals surface area contributed by atoms with Gasteiger partial charge in [-0.15, -0.1) is 0 Å². The Bertz CT molecular complexity index is 492. The fourth-order valence-electron chi connectivity index (χ4n) is 1.88. The van der Waals surface area contributed by atoms with Crippen LogP contribution in [0, 0.1) is 0 Å². The first-order chi connectivity index (χ1) is 7.95. The molecule has 0 aromatic carbocycles. The molecule has 0 amide bonds. The monoisotopic (exact) mass is 255 g/mol. The first-order valence-electron chi connectivity index (χ1n) is 5.64. The minimum absolute atomic E-state index is 0.0582. The maximum absolute atomic E-state index is 12.0. The lowest BCUT2D eigenvalue weighted by molar-refractivity contribution is 0.247. The van der Waals surface area contributed by atoms with Crippen LogP contribution in [0.1, 0.15) is 31.7 Å². The molecule has 0 bridgehead atoms. The van der Waals surface area contributed by atoms with Gasteiger partial charge in [-0.2, -0.15) is 0 Å². The third-order valence-electron chi connectivity index (χ3n) is 3.15. The Kier molecular flexibility index (Phi) is 3.20. The van der Waals surface area contributed by atoms with Gasteiger partial charge >= 0.3 is 0 Å². The number of nitrogens with one attached hydrogen (secondary N) is 1. The van der Waals surface area contributed by atoms with Gasteiger partial charge < -0.3 is 5.73 Å². The predicted octanol–water partition coefficient (Wildman–Crippen LogP) is 0.761. The zero-order chi connectivity index (χ0) is 12.5. The summed E-state index contributed by atoms with van der Waals surface area (Å²) in [5.74, 6) is 0. The van der Waals surface area contributed by atoms with E-state index in [9.17, 15) is 8.42 Å². The van der Waals surface area contributed by atoms with Gasteiger partial charge in [0.1, 0.15) is 0 Å². The average molecular weight is 255 g/mol. The molecule has 6 heteroatoms. The molecule has 0 unspecified atom stereocenters. The van der Waals surface area contributed by atoms with E-state index < -0.39 is 10.0 Å². The number of hydrogen-bond donors (Lipinski definition) is 2. The van der Waals surface area contributed by atoms with Crippen LogP contribution in [-0.2, 0) is 16.6 Å². The Balaban J connectivity index is 2.19. The van der Waals surface area contributed by atoms with Gasteiger partial charge in [0.05, 0.1) is 0 Å². The molecule has 17 heavy (non-hydrogen) atoms. The van der Waals surface area contributed by atoms with Gasteiger partial charge in [0, 0.05) is 18.3 Å². The number of nitrogens with zero attached hydrogens (tertiary/aromatic N) is 1. The molecule has 1 fully saturated rings. The molecule has 1 saturated carbocycles. The summed E-state index contributed by atoms with van der Waals surface area (Å²) in [4.78, 5) is 3.93. The summed E-state index contributed by atoms with van der Waals surface area (Å²) in [6.07, 6.45) is 4.33. The second-order valence-corrected chi connectivity index (χ2v) is 6.36. The number of rotatable bonds is 4. The molecule has 0 spiro atoms. The molecule has 1 aromatic rings. The molecule has 0 radical (unpaired) electrons. The second kappa shape index (κ2) is 4.36.